The molecule has 0 saturated heterocycles. The summed E-state index contributed by atoms with van der Waals surface area (Å²) in [6, 6.07) is 3.90. The van der Waals surface area contributed by atoms with E-state index in [1.54, 1.807) is 6.20 Å². The molecule has 2 rings (SSSR count). The van der Waals surface area contributed by atoms with E-state index in [-0.39, 0.29) is 5.60 Å². The van der Waals surface area contributed by atoms with Crippen LogP contribution in [0.4, 0.5) is 5.82 Å². The van der Waals surface area contributed by atoms with Crippen molar-refractivity contribution in [2.75, 3.05) is 12.3 Å². The topological polar surface area (TPSA) is 48.1 Å². The van der Waals surface area contributed by atoms with Gasteiger partial charge in [-0.1, -0.05) is 19.9 Å². The molecule has 3 heteroatoms. The van der Waals surface area contributed by atoms with Crippen LogP contribution in [0.25, 0.3) is 5.57 Å². The Labute approximate surface area is 104 Å². The Balaban J connectivity index is 0.000000686. The first-order valence-corrected chi connectivity index (χ1v) is 6.12. The van der Waals surface area contributed by atoms with Crippen LogP contribution in [-0.4, -0.2) is 17.2 Å². The fourth-order valence-corrected chi connectivity index (χ4v) is 1.82. The van der Waals surface area contributed by atoms with Crippen LogP contribution in [0.3, 0.4) is 0 Å². The highest BCUT2D eigenvalue weighted by Crippen LogP contribution is 2.31. The lowest BCUT2D eigenvalue weighted by atomic mass is 9.91. The first kappa shape index (κ1) is 13.7. The second-order valence-electron chi connectivity index (χ2n) is 4.45. The fraction of sp³-hybridized carbons (Fsp3) is 0.500. The zero-order chi connectivity index (χ0) is 12.9. The molecule has 0 atom stereocenters. The van der Waals surface area contributed by atoms with Gasteiger partial charge in [-0.05, 0) is 37.1 Å². The van der Waals surface area contributed by atoms with Gasteiger partial charge >= 0.3 is 0 Å². The van der Waals surface area contributed by atoms with Gasteiger partial charge in [0.25, 0.3) is 0 Å². The molecule has 1 aromatic heterocycles. The maximum atomic E-state index is 5.66. The van der Waals surface area contributed by atoms with Crippen LogP contribution in [0.5, 0.6) is 0 Å². The van der Waals surface area contributed by atoms with Gasteiger partial charge in [0.1, 0.15) is 5.82 Å². The number of nitrogens with zero attached hydrogens (tertiary/aromatic N) is 1. The molecule has 0 aliphatic carbocycles. The van der Waals surface area contributed by atoms with E-state index in [0.717, 1.165) is 12.0 Å². The minimum atomic E-state index is -0.0812. The standard InChI is InChI=1S/C12H16N2O.C2H6/c1-12(2)8-10(4-6-15-12)9-3-5-14-11(13)7-9;1-2/h3-5,7H,6,8H2,1-2H3,(H2,13,14);1-2H3. The molecule has 1 aliphatic heterocycles. The van der Waals surface area contributed by atoms with E-state index in [0.29, 0.717) is 12.4 Å². The molecule has 1 aromatic rings. The number of rotatable bonds is 1. The van der Waals surface area contributed by atoms with Gasteiger partial charge in [-0.25, -0.2) is 4.98 Å². The number of hydrogen-bond acceptors (Lipinski definition) is 3. The first-order valence-electron chi connectivity index (χ1n) is 6.12. The summed E-state index contributed by atoms with van der Waals surface area (Å²) in [4.78, 5) is 3.99. The number of hydrogen-bond donors (Lipinski definition) is 1. The summed E-state index contributed by atoms with van der Waals surface area (Å²) >= 11 is 0. The van der Waals surface area contributed by atoms with Gasteiger partial charge in [0.2, 0.25) is 0 Å². The summed E-state index contributed by atoms with van der Waals surface area (Å²) in [5, 5.41) is 0. The molecule has 0 unspecified atom stereocenters. The second kappa shape index (κ2) is 5.82. The second-order valence-corrected chi connectivity index (χ2v) is 4.45. The van der Waals surface area contributed by atoms with Crippen molar-refractivity contribution in [3.05, 3.63) is 30.0 Å². The van der Waals surface area contributed by atoms with Crippen LogP contribution in [0, 0.1) is 0 Å². The van der Waals surface area contributed by atoms with E-state index in [9.17, 15) is 0 Å². The number of ether oxygens (including phenoxy) is 1. The Kier molecular flexibility index (Phi) is 4.70. The van der Waals surface area contributed by atoms with Gasteiger partial charge in [-0.2, -0.15) is 0 Å². The summed E-state index contributed by atoms with van der Waals surface area (Å²) in [6.07, 6.45) is 4.77. The van der Waals surface area contributed by atoms with Gasteiger partial charge in [-0.3, -0.25) is 0 Å². The number of pyridine rings is 1. The molecule has 2 N–H and O–H groups in total. The molecule has 0 amide bonds. The Morgan fingerprint density at radius 2 is 2.06 bits per heavy atom. The van der Waals surface area contributed by atoms with Crippen LogP contribution in [0.15, 0.2) is 24.4 Å². The van der Waals surface area contributed by atoms with Gasteiger partial charge < -0.3 is 10.5 Å². The average Bonchev–Trinajstić information content (AvgIpc) is 2.30. The fourth-order valence-electron chi connectivity index (χ4n) is 1.82. The molecule has 94 valence electrons. The molecule has 0 bridgehead atoms. The van der Waals surface area contributed by atoms with Gasteiger partial charge in [0.15, 0.2) is 0 Å². The zero-order valence-electron chi connectivity index (χ0n) is 11.2. The van der Waals surface area contributed by atoms with Crippen LogP contribution in [-0.2, 0) is 4.74 Å². The molecule has 0 fully saturated rings. The van der Waals surface area contributed by atoms with Crippen molar-refractivity contribution < 1.29 is 4.74 Å². The van der Waals surface area contributed by atoms with Crippen LogP contribution < -0.4 is 5.73 Å². The average molecular weight is 234 g/mol. The first-order chi connectivity index (χ1) is 8.07. The normalized spacial score (nSPS) is 17.8. The Morgan fingerprint density at radius 3 is 2.65 bits per heavy atom. The third kappa shape index (κ3) is 3.86. The third-order valence-electron chi connectivity index (χ3n) is 2.57. The molecule has 17 heavy (non-hydrogen) atoms. The molecule has 0 saturated carbocycles. The maximum absolute atomic E-state index is 5.66. The number of anilines is 1. The quantitative estimate of drug-likeness (QED) is 0.811. The molecule has 0 aromatic carbocycles. The SMILES string of the molecule is CC.CC1(C)CC(c2ccnc(N)c2)=CCO1. The van der Waals surface area contributed by atoms with E-state index < -0.39 is 0 Å². The van der Waals surface area contributed by atoms with Crippen molar-refractivity contribution in [2.24, 2.45) is 0 Å². The lowest BCUT2D eigenvalue weighted by Crippen LogP contribution is -2.28. The largest absolute Gasteiger partial charge is 0.384 e. The van der Waals surface area contributed by atoms with Crippen molar-refractivity contribution in [3.63, 3.8) is 0 Å². The van der Waals surface area contributed by atoms with Gasteiger partial charge in [-0.15, -0.1) is 0 Å². The molecular weight excluding hydrogens is 212 g/mol. The summed E-state index contributed by atoms with van der Waals surface area (Å²) in [6.45, 7) is 8.87. The van der Waals surface area contributed by atoms with E-state index in [1.165, 1.54) is 5.57 Å². The lowest BCUT2D eigenvalue weighted by molar-refractivity contribution is -0.00298. The van der Waals surface area contributed by atoms with E-state index >= 15 is 0 Å². The molecule has 3 nitrogen and oxygen atoms in total. The summed E-state index contributed by atoms with van der Waals surface area (Å²) in [5.41, 5.74) is 8.03. The van der Waals surface area contributed by atoms with Crippen LogP contribution in [0.2, 0.25) is 0 Å². The number of nitrogens with two attached hydrogens (primary N) is 1. The monoisotopic (exact) mass is 234 g/mol. The molecular formula is C14H22N2O. The minimum absolute atomic E-state index is 0.0812. The Morgan fingerprint density at radius 1 is 1.35 bits per heavy atom. The smallest absolute Gasteiger partial charge is 0.123 e. The van der Waals surface area contributed by atoms with Crippen molar-refractivity contribution in [1.82, 2.24) is 4.98 Å². The predicted molar refractivity (Wildman–Crippen MR) is 72.6 cm³/mol. The third-order valence-corrected chi connectivity index (χ3v) is 2.57. The molecule has 1 aliphatic rings. The van der Waals surface area contributed by atoms with Crippen molar-refractivity contribution in [2.45, 2.75) is 39.7 Å². The van der Waals surface area contributed by atoms with Crippen molar-refractivity contribution in [3.8, 4) is 0 Å². The minimum Gasteiger partial charge on any atom is -0.384 e. The van der Waals surface area contributed by atoms with Gasteiger partial charge in [0.05, 0.1) is 12.2 Å². The molecule has 0 spiro atoms. The van der Waals surface area contributed by atoms with Crippen molar-refractivity contribution >= 4 is 11.4 Å². The summed E-state index contributed by atoms with van der Waals surface area (Å²) < 4.78 is 5.62. The van der Waals surface area contributed by atoms with Gasteiger partial charge in [0, 0.05) is 12.6 Å². The van der Waals surface area contributed by atoms with E-state index in [4.69, 9.17) is 10.5 Å². The highest BCUT2D eigenvalue weighted by atomic mass is 16.5. The van der Waals surface area contributed by atoms with Crippen molar-refractivity contribution in [1.29, 1.82) is 0 Å². The van der Waals surface area contributed by atoms with Crippen LogP contribution in [0.1, 0.15) is 39.7 Å². The lowest BCUT2D eigenvalue weighted by Gasteiger charge is -2.30. The number of aromatic nitrogens is 1. The molecule has 2 heterocycles. The summed E-state index contributed by atoms with van der Waals surface area (Å²) in [5.74, 6) is 0.567. The Hall–Kier alpha value is -1.35. The Bertz CT molecular complexity index is 397. The highest BCUT2D eigenvalue weighted by Gasteiger charge is 2.24. The van der Waals surface area contributed by atoms with E-state index in [2.05, 4.69) is 24.9 Å². The van der Waals surface area contributed by atoms with Crippen LogP contribution >= 0.6 is 0 Å². The molecule has 0 radical (unpaired) electrons. The maximum Gasteiger partial charge on any atom is 0.123 e. The summed E-state index contributed by atoms with van der Waals surface area (Å²) in [7, 11) is 0. The number of nitrogen functional groups attached to an aromatic ring is 1. The van der Waals surface area contributed by atoms with E-state index in [1.807, 2.05) is 26.0 Å². The zero-order valence-corrected chi connectivity index (χ0v) is 11.2. The highest BCUT2D eigenvalue weighted by molar-refractivity contribution is 5.68. The predicted octanol–water partition coefficient (Wildman–Crippen LogP) is 3.27.